The maximum absolute atomic E-state index is 12.7. The number of rotatable bonds is 6. The van der Waals surface area contributed by atoms with Crippen LogP contribution in [-0.2, 0) is 25.7 Å². The summed E-state index contributed by atoms with van der Waals surface area (Å²) in [5.41, 5.74) is 0.773. The highest BCUT2D eigenvalue weighted by Gasteiger charge is 2.34. The van der Waals surface area contributed by atoms with Crippen LogP contribution in [-0.4, -0.2) is 41.3 Å². The van der Waals surface area contributed by atoms with Crippen LogP contribution >= 0.6 is 0 Å². The first-order valence-electron chi connectivity index (χ1n) is 9.03. The van der Waals surface area contributed by atoms with Crippen molar-refractivity contribution in [1.29, 1.82) is 0 Å². The van der Waals surface area contributed by atoms with Crippen LogP contribution in [0.5, 0.6) is 0 Å². The lowest BCUT2D eigenvalue weighted by Crippen LogP contribution is -2.49. The number of Topliss-reactive ketones (excluding diaryl/α,β-unsaturated/α-hetero) is 1. The Balaban J connectivity index is 1.65. The predicted octanol–water partition coefficient (Wildman–Crippen LogP) is 0.606. The fraction of sp³-hybridized carbons (Fsp3) is 0.316. The molecule has 2 aromatic rings. The number of amides is 3. The van der Waals surface area contributed by atoms with Gasteiger partial charge in [0, 0.05) is 6.54 Å². The van der Waals surface area contributed by atoms with Gasteiger partial charge in [-0.05, 0) is 18.4 Å². The van der Waals surface area contributed by atoms with Crippen molar-refractivity contribution in [3.05, 3.63) is 54.2 Å². The molecule has 3 amide bonds. The zero-order chi connectivity index (χ0) is 20.6. The Morgan fingerprint density at radius 2 is 2.07 bits per heavy atom. The lowest BCUT2D eigenvalue weighted by molar-refractivity contribution is -0.139. The minimum Gasteiger partial charge on any atom is -0.446 e. The van der Waals surface area contributed by atoms with E-state index in [4.69, 9.17) is 9.15 Å². The number of benzene rings is 1. The molecule has 0 aliphatic carbocycles. The van der Waals surface area contributed by atoms with E-state index >= 15 is 0 Å². The zero-order valence-electron chi connectivity index (χ0n) is 15.4. The van der Waals surface area contributed by atoms with Crippen molar-refractivity contribution in [2.75, 3.05) is 6.54 Å². The molecular weight excluding hydrogens is 380 g/mol. The van der Waals surface area contributed by atoms with Crippen LogP contribution in [0.4, 0.5) is 4.79 Å². The number of aromatic nitrogens is 1. The summed E-state index contributed by atoms with van der Waals surface area (Å²) < 4.78 is 10.3. The third-order valence-electron chi connectivity index (χ3n) is 4.25. The molecule has 0 radical (unpaired) electrons. The highest BCUT2D eigenvalue weighted by Crippen LogP contribution is 2.13. The maximum atomic E-state index is 12.7. The lowest BCUT2D eigenvalue weighted by Gasteiger charge is -2.19. The smallest absolute Gasteiger partial charge is 0.408 e. The van der Waals surface area contributed by atoms with Gasteiger partial charge in [-0.25, -0.2) is 9.78 Å². The molecule has 1 saturated heterocycles. The molecule has 10 nitrogen and oxygen atoms in total. The van der Waals surface area contributed by atoms with Gasteiger partial charge in [0.2, 0.25) is 11.7 Å². The number of alkyl carbamates (subject to hydrolysis) is 1. The minimum atomic E-state index is -1.33. The van der Waals surface area contributed by atoms with Gasteiger partial charge in [0.25, 0.3) is 11.8 Å². The largest absolute Gasteiger partial charge is 0.446 e. The quantitative estimate of drug-likeness (QED) is 0.604. The van der Waals surface area contributed by atoms with Crippen LogP contribution in [0.15, 0.2) is 47.2 Å². The Hall–Kier alpha value is -3.69. The van der Waals surface area contributed by atoms with Crippen molar-refractivity contribution >= 4 is 23.7 Å². The standard InChI is InChI=1S/C19H20N4O6/c24-15-13(7-4-8-20-17(15)26)22-16(25)14(18-21-9-10-28-18)23-19(27)29-11-12-5-2-1-3-6-12/h1-3,5-6,9-10,13-14H,4,7-8,11H2,(H,20,26)(H,22,25)(H,23,27). The number of ketones is 1. The summed E-state index contributed by atoms with van der Waals surface area (Å²) in [5, 5.41) is 7.32. The van der Waals surface area contributed by atoms with Gasteiger partial charge >= 0.3 is 6.09 Å². The fourth-order valence-corrected chi connectivity index (χ4v) is 2.78. The summed E-state index contributed by atoms with van der Waals surface area (Å²) in [7, 11) is 0. The first-order chi connectivity index (χ1) is 14.0. The summed E-state index contributed by atoms with van der Waals surface area (Å²) >= 11 is 0. The maximum Gasteiger partial charge on any atom is 0.408 e. The predicted molar refractivity (Wildman–Crippen MR) is 98.2 cm³/mol. The van der Waals surface area contributed by atoms with E-state index < -0.39 is 35.8 Å². The van der Waals surface area contributed by atoms with E-state index in [0.29, 0.717) is 19.4 Å². The van der Waals surface area contributed by atoms with Crippen molar-refractivity contribution in [1.82, 2.24) is 20.9 Å². The van der Waals surface area contributed by atoms with Crippen molar-refractivity contribution in [3.8, 4) is 0 Å². The molecule has 0 bridgehead atoms. The van der Waals surface area contributed by atoms with Crippen LogP contribution in [0.3, 0.4) is 0 Å². The van der Waals surface area contributed by atoms with E-state index in [-0.39, 0.29) is 12.5 Å². The van der Waals surface area contributed by atoms with E-state index in [1.165, 1.54) is 12.5 Å². The van der Waals surface area contributed by atoms with Crippen molar-refractivity contribution in [2.24, 2.45) is 0 Å². The molecule has 1 aliphatic rings. The van der Waals surface area contributed by atoms with E-state index in [2.05, 4.69) is 20.9 Å². The number of carbonyl (C=O) groups is 4. The van der Waals surface area contributed by atoms with Gasteiger partial charge < -0.3 is 25.1 Å². The lowest BCUT2D eigenvalue weighted by atomic mass is 10.1. The SMILES string of the molecule is O=C(NC(C(=O)NC1CCCNC(=O)C1=O)c1ncco1)OCc1ccccc1. The first kappa shape index (κ1) is 20.1. The number of carbonyl (C=O) groups excluding carboxylic acids is 4. The summed E-state index contributed by atoms with van der Waals surface area (Å²) in [6.45, 7) is 0.359. The molecule has 1 aromatic heterocycles. The van der Waals surface area contributed by atoms with Crippen molar-refractivity contribution in [2.45, 2.75) is 31.5 Å². The zero-order valence-corrected chi connectivity index (χ0v) is 15.4. The Morgan fingerprint density at radius 1 is 1.28 bits per heavy atom. The van der Waals surface area contributed by atoms with Gasteiger partial charge in [-0.1, -0.05) is 30.3 Å². The number of nitrogens with zero attached hydrogens (tertiary/aromatic N) is 1. The molecule has 0 saturated carbocycles. The van der Waals surface area contributed by atoms with E-state index in [1.54, 1.807) is 24.3 Å². The van der Waals surface area contributed by atoms with E-state index in [1.807, 2.05) is 6.07 Å². The average Bonchev–Trinajstić information content (AvgIpc) is 3.22. The molecule has 0 spiro atoms. The summed E-state index contributed by atoms with van der Waals surface area (Å²) in [6.07, 6.45) is 2.52. The highest BCUT2D eigenvalue weighted by molar-refractivity contribution is 6.38. The molecule has 3 N–H and O–H groups in total. The summed E-state index contributed by atoms with van der Waals surface area (Å²) in [6, 6.07) is 6.69. The molecule has 2 unspecified atom stereocenters. The van der Waals surface area contributed by atoms with E-state index in [9.17, 15) is 19.2 Å². The molecule has 152 valence electrons. The number of hydrogen-bond acceptors (Lipinski definition) is 7. The van der Waals surface area contributed by atoms with Gasteiger partial charge in [0.1, 0.15) is 12.9 Å². The topological polar surface area (TPSA) is 140 Å². The number of oxazole rings is 1. The van der Waals surface area contributed by atoms with Crippen molar-refractivity contribution < 1.29 is 28.3 Å². The Labute approximate surface area is 166 Å². The van der Waals surface area contributed by atoms with Crippen molar-refractivity contribution in [3.63, 3.8) is 0 Å². The monoisotopic (exact) mass is 400 g/mol. The fourth-order valence-electron chi connectivity index (χ4n) is 2.78. The van der Waals surface area contributed by atoms with Gasteiger partial charge in [0.05, 0.1) is 12.2 Å². The van der Waals surface area contributed by atoms with Crippen LogP contribution < -0.4 is 16.0 Å². The normalized spacial score (nSPS) is 17.6. The van der Waals surface area contributed by atoms with Gasteiger partial charge in [-0.15, -0.1) is 0 Å². The second kappa shape index (κ2) is 9.49. The average molecular weight is 400 g/mol. The summed E-state index contributed by atoms with van der Waals surface area (Å²) in [5.74, 6) is -2.31. The number of hydrogen-bond donors (Lipinski definition) is 3. The van der Waals surface area contributed by atoms with Gasteiger partial charge in [-0.3, -0.25) is 14.4 Å². The molecule has 10 heteroatoms. The highest BCUT2D eigenvalue weighted by atomic mass is 16.5. The number of nitrogens with one attached hydrogen (secondary N) is 3. The Morgan fingerprint density at radius 3 is 2.79 bits per heavy atom. The van der Waals surface area contributed by atoms with E-state index in [0.717, 1.165) is 5.56 Å². The van der Waals surface area contributed by atoms with Crippen LogP contribution in [0, 0.1) is 0 Å². The first-order valence-corrected chi connectivity index (χ1v) is 9.03. The Bertz CT molecular complexity index is 868. The molecule has 2 heterocycles. The molecule has 3 rings (SSSR count). The van der Waals surface area contributed by atoms with Crippen LogP contribution in [0.1, 0.15) is 30.3 Å². The van der Waals surface area contributed by atoms with Crippen LogP contribution in [0.2, 0.25) is 0 Å². The third-order valence-corrected chi connectivity index (χ3v) is 4.25. The van der Waals surface area contributed by atoms with Crippen LogP contribution in [0.25, 0.3) is 0 Å². The van der Waals surface area contributed by atoms with Gasteiger partial charge in [-0.2, -0.15) is 0 Å². The molecule has 1 aliphatic heterocycles. The molecular formula is C19H20N4O6. The summed E-state index contributed by atoms with van der Waals surface area (Å²) in [4.78, 5) is 52.6. The second-order valence-corrected chi connectivity index (χ2v) is 6.33. The Kier molecular flexibility index (Phi) is 6.56. The molecule has 1 fully saturated rings. The number of ether oxygens (including phenoxy) is 1. The molecule has 1 aromatic carbocycles. The molecule has 2 atom stereocenters. The molecule has 29 heavy (non-hydrogen) atoms. The third kappa shape index (κ3) is 5.41. The second-order valence-electron chi connectivity index (χ2n) is 6.33. The minimum absolute atomic E-state index is 0.00782. The van der Waals surface area contributed by atoms with Gasteiger partial charge in [0.15, 0.2) is 6.04 Å².